The number of carbonyl (C=O) groups is 1. The number of carbonyl (C=O) groups excluding carboxylic acids is 1. The molecule has 1 aliphatic rings. The highest BCUT2D eigenvalue weighted by Crippen LogP contribution is 2.33. The average Bonchev–Trinajstić information content (AvgIpc) is 3.16. The Hall–Kier alpha value is -2.50. The van der Waals surface area contributed by atoms with Gasteiger partial charge in [0.1, 0.15) is 0 Å². The van der Waals surface area contributed by atoms with Gasteiger partial charge in [0.05, 0.1) is 25.2 Å². The molecule has 0 aliphatic carbocycles. The predicted octanol–water partition coefficient (Wildman–Crippen LogP) is 2.91. The van der Waals surface area contributed by atoms with Crippen LogP contribution in [0.1, 0.15) is 37.0 Å². The van der Waals surface area contributed by atoms with Crippen LogP contribution in [-0.4, -0.2) is 42.7 Å². The fourth-order valence-corrected chi connectivity index (χ4v) is 3.51. The predicted molar refractivity (Wildman–Crippen MR) is 101 cm³/mol. The molecule has 0 N–H and O–H groups in total. The van der Waals surface area contributed by atoms with Crippen molar-refractivity contribution >= 4 is 16.7 Å². The van der Waals surface area contributed by atoms with E-state index in [0.29, 0.717) is 40.3 Å². The van der Waals surface area contributed by atoms with E-state index in [1.54, 1.807) is 30.0 Å². The zero-order chi connectivity index (χ0) is 18.8. The van der Waals surface area contributed by atoms with Crippen molar-refractivity contribution in [1.82, 2.24) is 9.47 Å². The molecule has 1 fully saturated rings. The van der Waals surface area contributed by atoms with Crippen LogP contribution in [0.5, 0.6) is 11.5 Å². The molecule has 1 aliphatic heterocycles. The summed E-state index contributed by atoms with van der Waals surface area (Å²) in [4.78, 5) is 27.9. The summed E-state index contributed by atoms with van der Waals surface area (Å²) in [5.74, 6) is 1.26. The highest BCUT2D eigenvalue weighted by molar-refractivity contribution is 6.07. The monoisotopic (exact) mass is 358 g/mol. The molecule has 140 valence electrons. The van der Waals surface area contributed by atoms with E-state index < -0.39 is 0 Å². The summed E-state index contributed by atoms with van der Waals surface area (Å²) in [6.07, 6.45) is 3.75. The van der Waals surface area contributed by atoms with Crippen molar-refractivity contribution < 1.29 is 14.3 Å². The van der Waals surface area contributed by atoms with Gasteiger partial charge in [-0.05, 0) is 30.9 Å². The van der Waals surface area contributed by atoms with E-state index in [1.165, 1.54) is 7.11 Å². The smallest absolute Gasteiger partial charge is 0.258 e. The molecule has 26 heavy (non-hydrogen) atoms. The molecular weight excluding hydrogens is 332 g/mol. The van der Waals surface area contributed by atoms with Gasteiger partial charge in [0.25, 0.3) is 11.5 Å². The molecule has 1 aromatic carbocycles. The Morgan fingerprint density at radius 1 is 1.08 bits per heavy atom. The first-order chi connectivity index (χ1) is 12.5. The standard InChI is InChI=1S/C20H26N2O4/c1-13(2)11-22-12-16(20(24)21-7-5-6-8-21)14-9-17(25-3)18(26-4)10-15(14)19(22)23/h9-10,12-13H,5-8,11H2,1-4H3. The quantitative estimate of drug-likeness (QED) is 0.825. The molecule has 0 saturated carbocycles. The van der Waals surface area contributed by atoms with E-state index in [1.807, 2.05) is 18.7 Å². The van der Waals surface area contributed by atoms with Crippen LogP contribution >= 0.6 is 0 Å². The van der Waals surface area contributed by atoms with Crippen molar-refractivity contribution in [2.75, 3.05) is 27.3 Å². The van der Waals surface area contributed by atoms with Gasteiger partial charge in [-0.2, -0.15) is 0 Å². The first kappa shape index (κ1) is 18.3. The van der Waals surface area contributed by atoms with E-state index in [4.69, 9.17) is 9.47 Å². The fraction of sp³-hybridized carbons (Fsp3) is 0.500. The van der Waals surface area contributed by atoms with Gasteiger partial charge in [0, 0.05) is 31.2 Å². The average molecular weight is 358 g/mol. The molecule has 6 heteroatoms. The largest absolute Gasteiger partial charge is 0.493 e. The lowest BCUT2D eigenvalue weighted by atomic mass is 10.0. The summed E-state index contributed by atoms with van der Waals surface area (Å²) in [6.45, 7) is 6.18. The van der Waals surface area contributed by atoms with E-state index in [9.17, 15) is 9.59 Å². The van der Waals surface area contributed by atoms with Gasteiger partial charge in [0.2, 0.25) is 0 Å². The second kappa shape index (κ2) is 7.40. The van der Waals surface area contributed by atoms with Gasteiger partial charge in [0.15, 0.2) is 11.5 Å². The summed E-state index contributed by atoms with van der Waals surface area (Å²) < 4.78 is 12.4. The molecule has 2 aromatic rings. The number of hydrogen-bond donors (Lipinski definition) is 0. The SMILES string of the molecule is COc1cc2c(C(=O)N3CCCC3)cn(CC(C)C)c(=O)c2cc1OC. The van der Waals surface area contributed by atoms with Crippen LogP contribution in [0.2, 0.25) is 0 Å². The number of likely N-dealkylation sites (tertiary alicyclic amines) is 1. The molecule has 2 heterocycles. The van der Waals surface area contributed by atoms with Gasteiger partial charge in [-0.1, -0.05) is 13.8 Å². The van der Waals surface area contributed by atoms with Crippen LogP contribution in [0.15, 0.2) is 23.1 Å². The Morgan fingerprint density at radius 2 is 1.65 bits per heavy atom. The van der Waals surface area contributed by atoms with Crippen LogP contribution in [0.4, 0.5) is 0 Å². The summed E-state index contributed by atoms with van der Waals surface area (Å²) >= 11 is 0. The van der Waals surface area contributed by atoms with E-state index in [-0.39, 0.29) is 11.5 Å². The number of benzene rings is 1. The topological polar surface area (TPSA) is 60.8 Å². The van der Waals surface area contributed by atoms with Crippen molar-refractivity contribution in [3.63, 3.8) is 0 Å². The minimum atomic E-state index is -0.118. The highest BCUT2D eigenvalue weighted by atomic mass is 16.5. The number of nitrogens with zero attached hydrogens (tertiary/aromatic N) is 2. The molecule has 1 amide bonds. The van der Waals surface area contributed by atoms with Crippen molar-refractivity contribution in [1.29, 1.82) is 0 Å². The molecule has 0 bridgehead atoms. The van der Waals surface area contributed by atoms with E-state index in [2.05, 4.69) is 0 Å². The zero-order valence-corrected chi connectivity index (χ0v) is 15.9. The number of methoxy groups -OCH3 is 2. The Labute approximate surface area is 153 Å². The summed E-state index contributed by atoms with van der Waals surface area (Å²) in [5, 5.41) is 1.10. The minimum absolute atomic E-state index is 0.0303. The molecule has 0 spiro atoms. The van der Waals surface area contributed by atoms with Crippen LogP contribution in [-0.2, 0) is 6.54 Å². The number of amides is 1. The lowest BCUT2D eigenvalue weighted by Crippen LogP contribution is -2.31. The maximum Gasteiger partial charge on any atom is 0.258 e. The van der Waals surface area contributed by atoms with Crippen LogP contribution in [0.3, 0.4) is 0 Å². The van der Waals surface area contributed by atoms with Gasteiger partial charge in [-0.25, -0.2) is 0 Å². The van der Waals surface area contributed by atoms with Crippen molar-refractivity contribution in [3.05, 3.63) is 34.2 Å². The Balaban J connectivity index is 2.27. The van der Waals surface area contributed by atoms with Gasteiger partial charge in [-0.3, -0.25) is 9.59 Å². The first-order valence-electron chi connectivity index (χ1n) is 9.04. The van der Waals surface area contributed by atoms with Crippen molar-refractivity contribution in [2.24, 2.45) is 5.92 Å². The van der Waals surface area contributed by atoms with E-state index in [0.717, 1.165) is 25.9 Å². The van der Waals surface area contributed by atoms with Gasteiger partial charge >= 0.3 is 0 Å². The molecule has 0 radical (unpaired) electrons. The lowest BCUT2D eigenvalue weighted by Gasteiger charge is -2.19. The number of pyridine rings is 1. The molecule has 1 saturated heterocycles. The first-order valence-corrected chi connectivity index (χ1v) is 9.04. The number of rotatable bonds is 5. The third kappa shape index (κ3) is 3.28. The van der Waals surface area contributed by atoms with Gasteiger partial charge in [-0.15, -0.1) is 0 Å². The van der Waals surface area contributed by atoms with Gasteiger partial charge < -0.3 is 18.9 Å². The number of fused-ring (bicyclic) bond motifs is 1. The normalized spacial score (nSPS) is 14.3. The Morgan fingerprint density at radius 3 is 2.19 bits per heavy atom. The Kier molecular flexibility index (Phi) is 5.20. The van der Waals surface area contributed by atoms with Crippen molar-refractivity contribution in [3.8, 4) is 11.5 Å². The van der Waals surface area contributed by atoms with Crippen LogP contribution < -0.4 is 15.0 Å². The molecule has 6 nitrogen and oxygen atoms in total. The molecule has 3 rings (SSSR count). The summed E-state index contributed by atoms with van der Waals surface area (Å²) in [6, 6.07) is 3.41. The second-order valence-corrected chi connectivity index (χ2v) is 7.15. The number of hydrogen-bond acceptors (Lipinski definition) is 4. The fourth-order valence-electron chi connectivity index (χ4n) is 3.51. The maximum absolute atomic E-state index is 13.1. The Bertz CT molecular complexity index is 879. The summed E-state index contributed by atoms with van der Waals surface area (Å²) in [7, 11) is 3.08. The molecular formula is C20H26N2O4. The third-order valence-corrected chi connectivity index (χ3v) is 4.78. The third-order valence-electron chi connectivity index (χ3n) is 4.78. The zero-order valence-electron chi connectivity index (χ0n) is 15.9. The minimum Gasteiger partial charge on any atom is -0.493 e. The second-order valence-electron chi connectivity index (χ2n) is 7.15. The van der Waals surface area contributed by atoms with E-state index >= 15 is 0 Å². The number of ether oxygens (including phenoxy) is 2. The van der Waals surface area contributed by atoms with Crippen LogP contribution in [0, 0.1) is 5.92 Å². The lowest BCUT2D eigenvalue weighted by molar-refractivity contribution is 0.0793. The summed E-state index contributed by atoms with van der Waals surface area (Å²) in [5.41, 5.74) is 0.427. The number of aromatic nitrogens is 1. The molecule has 0 unspecified atom stereocenters. The maximum atomic E-state index is 13.1. The highest BCUT2D eigenvalue weighted by Gasteiger charge is 2.24. The molecule has 1 aromatic heterocycles. The molecule has 0 atom stereocenters. The van der Waals surface area contributed by atoms with Crippen molar-refractivity contribution in [2.45, 2.75) is 33.2 Å². The van der Waals surface area contributed by atoms with Crippen LogP contribution in [0.25, 0.3) is 10.8 Å².